The van der Waals surface area contributed by atoms with Gasteiger partial charge in [0.15, 0.2) is 11.5 Å². The van der Waals surface area contributed by atoms with E-state index in [1.165, 1.54) is 0 Å². The summed E-state index contributed by atoms with van der Waals surface area (Å²) in [6.07, 6.45) is 3.08. The van der Waals surface area contributed by atoms with Gasteiger partial charge < -0.3 is 9.47 Å². The molecule has 0 atom stereocenters. The van der Waals surface area contributed by atoms with Gasteiger partial charge in [-0.2, -0.15) is 0 Å². The maximum absolute atomic E-state index is 11.4. The molecule has 1 aromatic carbocycles. The monoisotopic (exact) mass is 273 g/mol. The van der Waals surface area contributed by atoms with Crippen LogP contribution in [0.2, 0.25) is 0 Å². The molecule has 1 aromatic rings. The van der Waals surface area contributed by atoms with Crippen LogP contribution in [0.4, 0.5) is 0 Å². The number of nitrogens with one attached hydrogen (secondary N) is 1. The van der Waals surface area contributed by atoms with Gasteiger partial charge in [-0.15, -0.1) is 0 Å². The molecule has 0 saturated heterocycles. The van der Waals surface area contributed by atoms with Crippen LogP contribution in [0.3, 0.4) is 0 Å². The Morgan fingerprint density at radius 2 is 1.84 bits per heavy atom. The quantitative estimate of drug-likeness (QED) is 0.487. The Labute approximate surface area is 133 Å². The van der Waals surface area contributed by atoms with E-state index in [4.69, 9.17) is 14.7 Å². The Balaban J connectivity index is 0.00000180. The zero-order chi connectivity index (χ0) is 13.1. The zero-order valence-electron chi connectivity index (χ0n) is 10.3. The number of rotatable bonds is 3. The van der Waals surface area contributed by atoms with Crippen molar-refractivity contribution < 1.29 is 19.5 Å². The Morgan fingerprint density at radius 1 is 1.21 bits per heavy atom. The van der Waals surface area contributed by atoms with Gasteiger partial charge in [0.1, 0.15) is 0 Å². The summed E-state index contributed by atoms with van der Waals surface area (Å²) < 4.78 is 10.5. The first-order valence-corrected chi connectivity index (χ1v) is 5.59. The molecule has 1 amide bonds. The summed E-state index contributed by atoms with van der Waals surface area (Å²) in [6, 6.07) is 3.75. The zero-order valence-corrected chi connectivity index (χ0v) is 10.3. The molecule has 98 valence electrons. The van der Waals surface area contributed by atoms with Crippen LogP contribution in [0.1, 0.15) is 17.5 Å². The molecule has 1 aliphatic carbocycles. The molecule has 0 unspecified atom stereocenters. The molecule has 0 radical (unpaired) electrons. The van der Waals surface area contributed by atoms with Gasteiger partial charge in [-0.1, -0.05) is 0 Å². The minimum atomic E-state index is -0.463. The molecule has 0 spiro atoms. The average molecular weight is 273 g/mol. The molecule has 0 aliphatic heterocycles. The number of carbonyl (C=O) groups is 1. The van der Waals surface area contributed by atoms with Crippen molar-refractivity contribution >= 4 is 41.5 Å². The van der Waals surface area contributed by atoms with Crippen LogP contribution in [-0.2, 0) is 11.2 Å². The number of carbonyl (C=O) groups excluding carboxylic acids is 1. The second-order valence-corrected chi connectivity index (χ2v) is 4.02. The number of amides is 1. The number of benzene rings is 1. The predicted molar refractivity (Wildman–Crippen MR) is 72.9 cm³/mol. The summed E-state index contributed by atoms with van der Waals surface area (Å²) in [5.74, 6) is 0.841. The van der Waals surface area contributed by atoms with Gasteiger partial charge in [0.25, 0.3) is 5.91 Å². The van der Waals surface area contributed by atoms with Crippen LogP contribution in [0.15, 0.2) is 17.7 Å². The molecule has 5 nitrogen and oxygen atoms in total. The van der Waals surface area contributed by atoms with Crippen molar-refractivity contribution in [2.24, 2.45) is 0 Å². The van der Waals surface area contributed by atoms with Crippen molar-refractivity contribution in [1.82, 2.24) is 5.48 Å². The number of hydrogen-bond donors (Lipinski definition) is 2. The Kier molecular flexibility index (Phi) is 5.87. The summed E-state index contributed by atoms with van der Waals surface area (Å²) in [4.78, 5) is 11.4. The van der Waals surface area contributed by atoms with Crippen molar-refractivity contribution in [1.29, 1.82) is 0 Å². The number of hydrogen-bond acceptors (Lipinski definition) is 4. The predicted octanol–water partition coefficient (Wildman–Crippen LogP) is 0.890. The van der Waals surface area contributed by atoms with E-state index in [-0.39, 0.29) is 29.6 Å². The van der Waals surface area contributed by atoms with Gasteiger partial charge >= 0.3 is 29.6 Å². The number of hydroxylamine groups is 1. The van der Waals surface area contributed by atoms with E-state index in [1.54, 1.807) is 25.8 Å². The second-order valence-electron chi connectivity index (χ2n) is 4.02. The first-order chi connectivity index (χ1) is 8.69. The van der Waals surface area contributed by atoms with E-state index in [9.17, 15) is 4.79 Å². The summed E-state index contributed by atoms with van der Waals surface area (Å²) in [5, 5.41) is 8.63. The molecular formula is C13H16NNaO4. The molecule has 0 aromatic heterocycles. The standard InChI is InChI=1S/C13H15NO4.Na.H/c1-17-11-6-8-3-4-9(13(15)14-16)5-10(8)7-12(11)18-2;;/h5-7,16H,3-4H2,1-2H3,(H,14,15);;. The fraction of sp³-hybridized carbons (Fsp3) is 0.308. The summed E-state index contributed by atoms with van der Waals surface area (Å²) >= 11 is 0. The summed E-state index contributed by atoms with van der Waals surface area (Å²) in [7, 11) is 3.16. The van der Waals surface area contributed by atoms with Gasteiger partial charge in [0.05, 0.1) is 14.2 Å². The van der Waals surface area contributed by atoms with Gasteiger partial charge in [0.2, 0.25) is 0 Å². The number of aryl methyl sites for hydroxylation is 1. The van der Waals surface area contributed by atoms with Gasteiger partial charge in [0, 0.05) is 5.57 Å². The van der Waals surface area contributed by atoms with Crippen LogP contribution in [-0.4, -0.2) is 54.9 Å². The van der Waals surface area contributed by atoms with Crippen LogP contribution >= 0.6 is 0 Å². The molecule has 2 N–H and O–H groups in total. The molecule has 2 rings (SSSR count). The fourth-order valence-electron chi connectivity index (χ4n) is 2.07. The number of methoxy groups -OCH3 is 2. The fourth-order valence-corrected chi connectivity index (χ4v) is 2.07. The van der Waals surface area contributed by atoms with Crippen LogP contribution in [0.25, 0.3) is 6.08 Å². The molecule has 0 fully saturated rings. The molecule has 19 heavy (non-hydrogen) atoms. The van der Waals surface area contributed by atoms with Gasteiger partial charge in [-0.3, -0.25) is 10.0 Å². The molecule has 1 aliphatic rings. The Hall–Kier alpha value is -1.01. The molecule has 0 saturated carbocycles. The van der Waals surface area contributed by atoms with Crippen molar-refractivity contribution in [2.45, 2.75) is 12.8 Å². The van der Waals surface area contributed by atoms with E-state index in [1.807, 2.05) is 12.1 Å². The minimum absolute atomic E-state index is 0. The van der Waals surface area contributed by atoms with Gasteiger partial charge in [-0.25, -0.2) is 5.48 Å². The van der Waals surface area contributed by atoms with Crippen LogP contribution in [0, 0.1) is 0 Å². The Bertz CT molecular complexity index is 514. The third-order valence-electron chi connectivity index (χ3n) is 3.03. The van der Waals surface area contributed by atoms with E-state index < -0.39 is 5.91 Å². The third-order valence-corrected chi connectivity index (χ3v) is 3.03. The molecular weight excluding hydrogens is 257 g/mol. The van der Waals surface area contributed by atoms with E-state index in [0.717, 1.165) is 17.5 Å². The molecule has 0 bridgehead atoms. The van der Waals surface area contributed by atoms with E-state index in [0.29, 0.717) is 23.5 Å². The van der Waals surface area contributed by atoms with Crippen LogP contribution < -0.4 is 15.0 Å². The Morgan fingerprint density at radius 3 is 2.42 bits per heavy atom. The third kappa shape index (κ3) is 3.30. The first kappa shape index (κ1) is 16.0. The van der Waals surface area contributed by atoms with Crippen LogP contribution in [0.5, 0.6) is 11.5 Å². The van der Waals surface area contributed by atoms with Crippen molar-refractivity contribution in [2.75, 3.05) is 14.2 Å². The van der Waals surface area contributed by atoms with E-state index in [2.05, 4.69) is 0 Å². The first-order valence-electron chi connectivity index (χ1n) is 5.59. The summed E-state index contributed by atoms with van der Waals surface area (Å²) in [5.41, 5.74) is 4.22. The second kappa shape index (κ2) is 6.96. The summed E-state index contributed by atoms with van der Waals surface area (Å²) in [6.45, 7) is 0. The molecule has 6 heteroatoms. The van der Waals surface area contributed by atoms with Crippen molar-refractivity contribution in [3.63, 3.8) is 0 Å². The average Bonchev–Trinajstić information content (AvgIpc) is 2.44. The van der Waals surface area contributed by atoms with Gasteiger partial charge in [-0.05, 0) is 42.2 Å². The maximum atomic E-state index is 11.4. The van der Waals surface area contributed by atoms with Crippen molar-refractivity contribution in [3.05, 3.63) is 28.8 Å². The normalized spacial score (nSPS) is 12.7. The topological polar surface area (TPSA) is 67.8 Å². The van der Waals surface area contributed by atoms with Crippen molar-refractivity contribution in [3.8, 4) is 11.5 Å². The SMILES string of the molecule is COc1cc2c(cc1OC)CCC(C(=O)NO)=C2.[NaH]. The molecule has 0 heterocycles. The number of ether oxygens (including phenoxy) is 2. The van der Waals surface area contributed by atoms with E-state index >= 15 is 0 Å². The number of fused-ring (bicyclic) bond motifs is 1.